The van der Waals surface area contributed by atoms with Crippen LogP contribution in [0.3, 0.4) is 0 Å². The molecule has 2 N–H and O–H groups in total. The molecule has 14 heteroatoms. The highest BCUT2D eigenvalue weighted by atomic mass is 35.5. The minimum atomic E-state index is -0.675. The Labute approximate surface area is 337 Å². The van der Waals surface area contributed by atoms with Crippen LogP contribution >= 0.6 is 11.6 Å². The Balaban J connectivity index is 0.760. The van der Waals surface area contributed by atoms with E-state index in [1.165, 1.54) is 31.2 Å². The fourth-order valence-electron chi connectivity index (χ4n) is 9.72. The Morgan fingerprint density at radius 1 is 0.930 bits per heavy atom. The summed E-state index contributed by atoms with van der Waals surface area (Å²) in [6.45, 7) is 8.97. The number of aromatic nitrogens is 2. The number of anilines is 3. The lowest BCUT2D eigenvalue weighted by molar-refractivity contribution is -0.136. The number of H-pyrrole nitrogens is 1. The Morgan fingerprint density at radius 2 is 1.72 bits per heavy atom. The Morgan fingerprint density at radius 3 is 2.46 bits per heavy atom. The lowest BCUT2D eigenvalue weighted by Crippen LogP contribution is -2.52. The monoisotopic (exact) mass is 789 g/mol. The molecule has 57 heavy (non-hydrogen) atoms. The molecule has 4 aromatic rings. The summed E-state index contributed by atoms with van der Waals surface area (Å²) in [6, 6.07) is 16.8. The number of ether oxygens (including phenoxy) is 1. The van der Waals surface area contributed by atoms with Crippen LogP contribution in [0.4, 0.5) is 17.2 Å². The number of fused-ring (bicyclic) bond motifs is 2. The molecular weight excluding hydrogens is 742 g/mol. The second-order valence-corrected chi connectivity index (χ2v) is 16.6. The number of piperazine rings is 1. The van der Waals surface area contributed by atoms with Crippen molar-refractivity contribution in [3.63, 3.8) is 0 Å². The molecule has 0 aliphatic carbocycles. The van der Waals surface area contributed by atoms with E-state index in [0.717, 1.165) is 99.7 Å². The van der Waals surface area contributed by atoms with Gasteiger partial charge < -0.3 is 29.3 Å². The zero-order chi connectivity index (χ0) is 39.2. The van der Waals surface area contributed by atoms with E-state index in [-0.39, 0.29) is 24.1 Å². The van der Waals surface area contributed by atoms with Gasteiger partial charge in [-0.3, -0.25) is 24.6 Å². The summed E-state index contributed by atoms with van der Waals surface area (Å²) in [4.78, 5) is 57.1. The van der Waals surface area contributed by atoms with E-state index in [2.05, 4.69) is 66.3 Å². The minimum absolute atomic E-state index is 0.216. The molecule has 0 bridgehead atoms. The third-order valence-electron chi connectivity index (χ3n) is 12.9. The van der Waals surface area contributed by atoms with E-state index < -0.39 is 11.9 Å². The molecule has 3 amide bonds. The molecule has 0 unspecified atom stereocenters. The number of nitriles is 1. The number of carbonyl (C=O) groups excluding carboxylic acids is 3. The molecule has 4 fully saturated rings. The molecule has 5 aliphatic heterocycles. The maximum absolute atomic E-state index is 13.4. The molecule has 296 valence electrons. The van der Waals surface area contributed by atoms with E-state index in [9.17, 15) is 19.6 Å². The van der Waals surface area contributed by atoms with Crippen LogP contribution in [0.25, 0.3) is 10.9 Å². The highest BCUT2D eigenvalue weighted by molar-refractivity contribution is 6.36. The number of carbonyl (C=O) groups is 3. The molecule has 2 aromatic heterocycles. The van der Waals surface area contributed by atoms with Crippen LogP contribution in [0.1, 0.15) is 71.5 Å². The number of nitrogens with zero attached hydrogens (tertiary/aromatic N) is 7. The third kappa shape index (κ3) is 7.14. The molecule has 0 radical (unpaired) electrons. The van der Waals surface area contributed by atoms with Crippen LogP contribution < -0.4 is 24.8 Å². The molecule has 9 rings (SSSR count). The van der Waals surface area contributed by atoms with Crippen molar-refractivity contribution < 1.29 is 19.1 Å². The number of benzene rings is 2. The third-order valence-corrected chi connectivity index (χ3v) is 13.2. The summed E-state index contributed by atoms with van der Waals surface area (Å²) >= 11 is 6.50. The van der Waals surface area contributed by atoms with Crippen molar-refractivity contribution in [2.45, 2.75) is 57.0 Å². The lowest BCUT2D eigenvalue weighted by atomic mass is 9.89. The largest absolute Gasteiger partial charge is 0.480 e. The Bertz CT molecular complexity index is 2240. The van der Waals surface area contributed by atoms with Crippen LogP contribution in [0.5, 0.6) is 5.88 Å². The van der Waals surface area contributed by atoms with Crippen LogP contribution in [-0.4, -0.2) is 110 Å². The van der Waals surface area contributed by atoms with Crippen molar-refractivity contribution in [3.05, 3.63) is 75.9 Å². The zero-order valence-electron chi connectivity index (χ0n) is 32.3. The first-order valence-corrected chi connectivity index (χ1v) is 20.6. The van der Waals surface area contributed by atoms with Crippen molar-refractivity contribution >= 4 is 57.4 Å². The van der Waals surface area contributed by atoms with Crippen LogP contribution in [0.15, 0.2) is 48.7 Å². The van der Waals surface area contributed by atoms with E-state index in [1.54, 1.807) is 11.1 Å². The summed E-state index contributed by atoms with van der Waals surface area (Å²) in [5.41, 5.74) is 6.53. The maximum atomic E-state index is 13.4. The summed E-state index contributed by atoms with van der Waals surface area (Å²) in [5, 5.41) is 13.4. The number of hydrogen-bond acceptors (Lipinski definition) is 10. The van der Waals surface area contributed by atoms with Gasteiger partial charge in [0, 0.05) is 95.1 Å². The number of pyridine rings is 1. The summed E-state index contributed by atoms with van der Waals surface area (Å²) in [6.07, 6.45) is 6.90. The maximum Gasteiger partial charge on any atom is 0.260 e. The van der Waals surface area contributed by atoms with Gasteiger partial charge in [0.1, 0.15) is 23.5 Å². The predicted octanol–water partition coefficient (Wildman–Crippen LogP) is 5.28. The quantitative estimate of drug-likeness (QED) is 0.227. The fraction of sp³-hybridized carbons (Fsp3) is 0.465. The molecule has 0 saturated carbocycles. The number of rotatable bonds is 8. The SMILES string of the molecule is COc1nc(N2CCN(CC3CCN(c4ccc([C@@H]5CCCN(c6ccc(Cl)c7c(C#N)c[nH]c67)C5)cc4)CC3)CC2)cc2c1C(=O)N([C@@H]1CCC(=O)NC1=O)C2. The Hall–Kier alpha value is -5.32. The van der Waals surface area contributed by atoms with Gasteiger partial charge in [-0.2, -0.15) is 10.2 Å². The predicted molar refractivity (Wildman–Crippen MR) is 219 cm³/mol. The number of halogens is 1. The van der Waals surface area contributed by atoms with Gasteiger partial charge in [0.15, 0.2) is 0 Å². The van der Waals surface area contributed by atoms with Crippen LogP contribution in [0, 0.1) is 17.2 Å². The van der Waals surface area contributed by atoms with Gasteiger partial charge in [-0.15, -0.1) is 0 Å². The van der Waals surface area contributed by atoms with Crippen molar-refractivity contribution in [3.8, 4) is 11.9 Å². The highest BCUT2D eigenvalue weighted by Gasteiger charge is 2.41. The molecule has 13 nitrogen and oxygen atoms in total. The summed E-state index contributed by atoms with van der Waals surface area (Å²) < 4.78 is 5.60. The smallest absolute Gasteiger partial charge is 0.260 e. The van der Waals surface area contributed by atoms with Crippen molar-refractivity contribution in [1.29, 1.82) is 5.26 Å². The molecule has 4 saturated heterocycles. The standard InChI is InChI=1S/C43H48ClN9O4/c1-57-42-39-30(26-53(43(39)56)35-10-11-37(54)48-41(35)55)21-36(47-42)51-19-17-49(18-20-51)24-27-12-15-50(16-13-27)32-6-4-28(5-7-32)29-3-2-14-52(25-29)34-9-8-33(44)38-31(22-45)23-46-40(34)38/h4-9,21,23,27,29,35,46H,2-3,10-20,24-26H2,1H3,(H,48,54,55)/t29-,35-/m1/s1. The van der Waals surface area contributed by atoms with Crippen LogP contribution in [0.2, 0.25) is 5.02 Å². The Kier molecular flexibility index (Phi) is 10.2. The molecule has 2 aromatic carbocycles. The van der Waals surface area contributed by atoms with Gasteiger partial charge in [0.2, 0.25) is 17.7 Å². The number of imide groups is 1. The molecule has 2 atom stereocenters. The highest BCUT2D eigenvalue weighted by Crippen LogP contribution is 2.39. The van der Waals surface area contributed by atoms with E-state index in [1.807, 2.05) is 12.1 Å². The van der Waals surface area contributed by atoms with Gasteiger partial charge in [0.05, 0.1) is 28.9 Å². The number of aromatic amines is 1. The van der Waals surface area contributed by atoms with E-state index in [4.69, 9.17) is 21.3 Å². The molecule has 0 spiro atoms. The van der Waals surface area contributed by atoms with Gasteiger partial charge in [0.25, 0.3) is 5.91 Å². The second-order valence-electron chi connectivity index (χ2n) is 16.1. The van der Waals surface area contributed by atoms with E-state index in [0.29, 0.717) is 41.0 Å². The topological polar surface area (TPSA) is 141 Å². The lowest BCUT2D eigenvalue weighted by Gasteiger charge is -2.40. The average Bonchev–Trinajstić information content (AvgIpc) is 3.83. The first-order valence-electron chi connectivity index (χ1n) is 20.3. The average molecular weight is 790 g/mol. The van der Waals surface area contributed by atoms with Gasteiger partial charge in [-0.25, -0.2) is 0 Å². The molecule has 5 aliphatic rings. The van der Waals surface area contributed by atoms with Crippen molar-refractivity contribution in [2.75, 3.05) is 80.7 Å². The number of hydrogen-bond donors (Lipinski definition) is 2. The van der Waals surface area contributed by atoms with Crippen LogP contribution in [-0.2, 0) is 16.1 Å². The molecular formula is C43H48ClN9O4. The first kappa shape index (κ1) is 37.3. The van der Waals surface area contributed by atoms with Gasteiger partial charge in [-0.1, -0.05) is 23.7 Å². The normalized spacial score (nSPS) is 22.2. The second kappa shape index (κ2) is 15.6. The number of methoxy groups -OCH3 is 1. The minimum Gasteiger partial charge on any atom is -0.480 e. The fourth-order valence-corrected chi connectivity index (χ4v) is 9.98. The first-order chi connectivity index (χ1) is 27.8. The summed E-state index contributed by atoms with van der Waals surface area (Å²) in [7, 11) is 1.52. The zero-order valence-corrected chi connectivity index (χ0v) is 33.1. The molecule has 7 heterocycles. The van der Waals surface area contributed by atoms with Crippen molar-refractivity contribution in [1.82, 2.24) is 25.1 Å². The number of nitrogens with one attached hydrogen (secondary N) is 2. The summed E-state index contributed by atoms with van der Waals surface area (Å²) in [5.74, 6) is 1.17. The van der Waals surface area contributed by atoms with Gasteiger partial charge >= 0.3 is 0 Å². The van der Waals surface area contributed by atoms with Gasteiger partial charge in [-0.05, 0) is 79.5 Å². The number of piperidine rings is 3. The van der Waals surface area contributed by atoms with Crippen molar-refractivity contribution in [2.24, 2.45) is 5.92 Å². The number of amides is 3. The van der Waals surface area contributed by atoms with E-state index >= 15 is 0 Å².